The molecule has 0 radical (unpaired) electrons. The van der Waals surface area contributed by atoms with Crippen molar-refractivity contribution in [3.05, 3.63) is 39.5 Å². The number of rotatable bonds is 7. The topological polar surface area (TPSA) is 108 Å². The van der Waals surface area contributed by atoms with Crippen molar-refractivity contribution in [2.24, 2.45) is 0 Å². The quantitative estimate of drug-likeness (QED) is 0.611. The Hall–Kier alpha value is -2.71. The molecule has 0 saturated carbocycles. The van der Waals surface area contributed by atoms with Crippen molar-refractivity contribution >= 4 is 11.6 Å². The lowest BCUT2D eigenvalue weighted by molar-refractivity contribution is -0.386. The number of aryl methyl sites for hydroxylation is 3. The minimum atomic E-state index is -0.444. The second-order valence-electron chi connectivity index (χ2n) is 5.16. The average Bonchev–Trinajstić information content (AvgIpc) is 3.06. The molecule has 0 aliphatic rings. The van der Waals surface area contributed by atoms with E-state index < -0.39 is 4.92 Å². The largest absolute Gasteiger partial charge is 0.350 e. The van der Waals surface area contributed by atoms with Gasteiger partial charge in [-0.2, -0.15) is 10.2 Å². The van der Waals surface area contributed by atoms with Crippen LogP contribution in [0, 0.1) is 24.0 Å². The summed E-state index contributed by atoms with van der Waals surface area (Å²) < 4.78 is 3.31. The summed E-state index contributed by atoms with van der Waals surface area (Å²) in [4.78, 5) is 22.4. The fraction of sp³-hybridized carbons (Fsp3) is 0.500. The van der Waals surface area contributed by atoms with Crippen LogP contribution in [0.3, 0.4) is 0 Å². The number of amides is 1. The van der Waals surface area contributed by atoms with Crippen molar-refractivity contribution in [1.82, 2.24) is 24.9 Å². The zero-order valence-electron chi connectivity index (χ0n) is 13.4. The van der Waals surface area contributed by atoms with E-state index >= 15 is 0 Å². The third-order valence-electron chi connectivity index (χ3n) is 3.65. The first kappa shape index (κ1) is 16.7. The Morgan fingerprint density at radius 3 is 2.74 bits per heavy atom. The van der Waals surface area contributed by atoms with Gasteiger partial charge in [0.25, 0.3) is 0 Å². The van der Waals surface area contributed by atoms with Gasteiger partial charge in [-0.25, -0.2) is 0 Å². The molecule has 0 aromatic carbocycles. The molecule has 2 rings (SSSR count). The molecule has 0 unspecified atom stereocenters. The SMILES string of the molecule is CCn1nccc1CNC(=O)CCn1nc(C)c([N+](=O)[O-])c1C. The minimum absolute atomic E-state index is 0.0113. The molecule has 0 atom stereocenters. The number of aromatic nitrogens is 4. The Kier molecular flexibility index (Phi) is 5.09. The van der Waals surface area contributed by atoms with E-state index in [1.807, 2.05) is 17.7 Å². The highest BCUT2D eigenvalue weighted by Gasteiger charge is 2.21. The minimum Gasteiger partial charge on any atom is -0.350 e. The van der Waals surface area contributed by atoms with E-state index in [0.717, 1.165) is 12.2 Å². The van der Waals surface area contributed by atoms with E-state index in [2.05, 4.69) is 15.5 Å². The number of hydrogen-bond donors (Lipinski definition) is 1. The molecule has 0 saturated heterocycles. The summed E-state index contributed by atoms with van der Waals surface area (Å²) >= 11 is 0. The van der Waals surface area contributed by atoms with E-state index in [0.29, 0.717) is 24.5 Å². The smallest absolute Gasteiger partial charge is 0.312 e. The molecular weight excluding hydrogens is 300 g/mol. The lowest BCUT2D eigenvalue weighted by Crippen LogP contribution is -2.25. The molecule has 2 heterocycles. The average molecular weight is 320 g/mol. The Balaban J connectivity index is 1.90. The summed E-state index contributed by atoms with van der Waals surface area (Å²) in [7, 11) is 0. The van der Waals surface area contributed by atoms with Crippen molar-refractivity contribution in [2.45, 2.75) is 46.8 Å². The van der Waals surface area contributed by atoms with E-state index in [-0.39, 0.29) is 18.0 Å². The highest BCUT2D eigenvalue weighted by Crippen LogP contribution is 2.21. The molecule has 124 valence electrons. The molecule has 23 heavy (non-hydrogen) atoms. The summed E-state index contributed by atoms with van der Waals surface area (Å²) in [5, 5.41) is 22.0. The van der Waals surface area contributed by atoms with Gasteiger partial charge < -0.3 is 5.32 Å². The van der Waals surface area contributed by atoms with Gasteiger partial charge in [-0.3, -0.25) is 24.3 Å². The molecule has 0 aliphatic carbocycles. The molecule has 9 heteroatoms. The Bertz CT molecular complexity index is 718. The molecule has 0 spiro atoms. The fourth-order valence-electron chi connectivity index (χ4n) is 2.45. The van der Waals surface area contributed by atoms with Crippen molar-refractivity contribution in [1.29, 1.82) is 0 Å². The van der Waals surface area contributed by atoms with Gasteiger partial charge in [0.1, 0.15) is 11.4 Å². The van der Waals surface area contributed by atoms with Crippen molar-refractivity contribution < 1.29 is 9.72 Å². The van der Waals surface area contributed by atoms with Gasteiger partial charge in [-0.1, -0.05) is 0 Å². The van der Waals surface area contributed by atoms with Gasteiger partial charge in [-0.05, 0) is 26.8 Å². The van der Waals surface area contributed by atoms with Crippen LogP contribution in [-0.2, 0) is 24.4 Å². The van der Waals surface area contributed by atoms with Gasteiger partial charge in [-0.15, -0.1) is 0 Å². The highest BCUT2D eigenvalue weighted by atomic mass is 16.6. The van der Waals surface area contributed by atoms with E-state index in [1.54, 1.807) is 20.0 Å². The van der Waals surface area contributed by atoms with Crippen LogP contribution in [0.4, 0.5) is 5.69 Å². The molecular formula is C14H20N6O3. The first-order valence-electron chi connectivity index (χ1n) is 7.39. The lowest BCUT2D eigenvalue weighted by atomic mass is 10.3. The van der Waals surface area contributed by atoms with E-state index in [9.17, 15) is 14.9 Å². The molecule has 1 amide bonds. The predicted octanol–water partition coefficient (Wildman–Crippen LogP) is 1.33. The normalized spacial score (nSPS) is 10.7. The van der Waals surface area contributed by atoms with Gasteiger partial charge in [0.15, 0.2) is 0 Å². The van der Waals surface area contributed by atoms with Crippen LogP contribution in [0.2, 0.25) is 0 Å². The summed E-state index contributed by atoms with van der Waals surface area (Å²) in [6.07, 6.45) is 1.90. The first-order valence-corrected chi connectivity index (χ1v) is 7.39. The number of carbonyl (C=O) groups excluding carboxylic acids is 1. The van der Waals surface area contributed by atoms with Gasteiger partial charge in [0, 0.05) is 19.2 Å². The number of carbonyl (C=O) groups is 1. The second-order valence-corrected chi connectivity index (χ2v) is 5.16. The third-order valence-corrected chi connectivity index (χ3v) is 3.65. The highest BCUT2D eigenvalue weighted by molar-refractivity contribution is 5.75. The molecule has 2 aromatic heterocycles. The van der Waals surface area contributed by atoms with Crippen LogP contribution in [0.5, 0.6) is 0 Å². The zero-order valence-corrected chi connectivity index (χ0v) is 13.4. The van der Waals surface area contributed by atoms with Crippen molar-refractivity contribution in [3.63, 3.8) is 0 Å². The van der Waals surface area contributed by atoms with Gasteiger partial charge in [0.2, 0.25) is 5.91 Å². The molecule has 1 N–H and O–H groups in total. The van der Waals surface area contributed by atoms with Crippen LogP contribution in [-0.4, -0.2) is 30.4 Å². The molecule has 0 aliphatic heterocycles. The molecule has 0 bridgehead atoms. The van der Waals surface area contributed by atoms with Crippen LogP contribution in [0.25, 0.3) is 0 Å². The van der Waals surface area contributed by atoms with Gasteiger partial charge >= 0.3 is 5.69 Å². The van der Waals surface area contributed by atoms with Crippen molar-refractivity contribution in [2.75, 3.05) is 0 Å². The maximum Gasteiger partial charge on any atom is 0.312 e. The van der Waals surface area contributed by atoms with Crippen LogP contribution >= 0.6 is 0 Å². The molecule has 9 nitrogen and oxygen atoms in total. The number of nitrogens with one attached hydrogen (secondary N) is 1. The Morgan fingerprint density at radius 1 is 1.39 bits per heavy atom. The maximum atomic E-state index is 11.9. The fourth-order valence-corrected chi connectivity index (χ4v) is 2.45. The number of nitro groups is 1. The number of nitrogens with zero attached hydrogens (tertiary/aromatic N) is 5. The Labute approximate surface area is 133 Å². The number of hydrogen-bond acceptors (Lipinski definition) is 5. The Morgan fingerprint density at radius 2 is 2.13 bits per heavy atom. The molecule has 0 fully saturated rings. The third kappa shape index (κ3) is 3.74. The van der Waals surface area contributed by atoms with E-state index in [4.69, 9.17) is 0 Å². The van der Waals surface area contributed by atoms with E-state index in [1.165, 1.54) is 4.68 Å². The predicted molar refractivity (Wildman–Crippen MR) is 82.7 cm³/mol. The van der Waals surface area contributed by atoms with Crippen molar-refractivity contribution in [3.8, 4) is 0 Å². The molecule has 2 aromatic rings. The monoisotopic (exact) mass is 320 g/mol. The zero-order chi connectivity index (χ0) is 17.0. The summed E-state index contributed by atoms with van der Waals surface area (Å²) in [6, 6.07) is 1.86. The first-order chi connectivity index (χ1) is 10.9. The van der Waals surface area contributed by atoms with Crippen LogP contribution < -0.4 is 5.32 Å². The maximum absolute atomic E-state index is 11.9. The summed E-state index contributed by atoms with van der Waals surface area (Å²) in [5.41, 5.74) is 1.77. The second kappa shape index (κ2) is 7.03. The summed E-state index contributed by atoms with van der Waals surface area (Å²) in [5.74, 6) is -0.135. The van der Waals surface area contributed by atoms with Gasteiger partial charge in [0.05, 0.1) is 23.7 Å². The standard InChI is InChI=1S/C14H20N6O3/c1-4-18-12(5-7-16-18)9-15-13(21)6-8-19-11(3)14(20(22)23)10(2)17-19/h5,7H,4,6,8-9H2,1-3H3,(H,15,21). The van der Waals surface area contributed by atoms with Crippen LogP contribution in [0.15, 0.2) is 12.3 Å². The summed E-state index contributed by atoms with van der Waals surface area (Å²) in [6.45, 7) is 6.66. The van der Waals surface area contributed by atoms with Crippen LogP contribution in [0.1, 0.15) is 30.4 Å². The lowest BCUT2D eigenvalue weighted by Gasteiger charge is -2.07.